The van der Waals surface area contributed by atoms with E-state index in [2.05, 4.69) is 41.6 Å². The van der Waals surface area contributed by atoms with Gasteiger partial charge in [0.05, 0.1) is 12.1 Å². The van der Waals surface area contributed by atoms with Crippen molar-refractivity contribution in [2.75, 3.05) is 13.6 Å². The van der Waals surface area contributed by atoms with Gasteiger partial charge in [-0.1, -0.05) is 23.8 Å². The molecule has 0 saturated carbocycles. The first kappa shape index (κ1) is 17.3. The number of aryl methyl sites for hydroxylation is 1. The second-order valence-corrected chi connectivity index (χ2v) is 7.54. The highest BCUT2D eigenvalue weighted by Gasteiger charge is 2.29. The van der Waals surface area contributed by atoms with Crippen molar-refractivity contribution < 1.29 is 9.50 Å². The highest BCUT2D eigenvalue weighted by Crippen LogP contribution is 2.37. The molecule has 1 N–H and O–H groups in total. The van der Waals surface area contributed by atoms with Gasteiger partial charge >= 0.3 is 0 Å². The number of fused-ring (bicyclic) bond motifs is 3. The average Bonchev–Trinajstić information content (AvgIpc) is 2.90. The molecule has 136 valence electrons. The van der Waals surface area contributed by atoms with Gasteiger partial charge in [-0.2, -0.15) is 0 Å². The Bertz CT molecular complexity index is 943. The summed E-state index contributed by atoms with van der Waals surface area (Å²) in [5.41, 5.74) is 5.96. The van der Waals surface area contributed by atoms with Crippen LogP contribution in [0.5, 0.6) is 0 Å². The minimum absolute atomic E-state index is 0.229. The molecule has 1 aliphatic rings. The van der Waals surface area contributed by atoms with Gasteiger partial charge in [-0.25, -0.2) is 4.39 Å². The molecule has 2 unspecified atom stereocenters. The lowest BCUT2D eigenvalue weighted by molar-refractivity contribution is 0.148. The van der Waals surface area contributed by atoms with Crippen LogP contribution in [0.1, 0.15) is 35.3 Å². The first-order chi connectivity index (χ1) is 12.5. The third-order valence-electron chi connectivity index (χ3n) is 5.48. The van der Waals surface area contributed by atoms with E-state index in [1.807, 2.05) is 6.92 Å². The largest absolute Gasteiger partial charge is 0.391 e. The fraction of sp³-hybridized carbons (Fsp3) is 0.364. The summed E-state index contributed by atoms with van der Waals surface area (Å²) in [5.74, 6) is -0.255. The first-order valence-corrected chi connectivity index (χ1v) is 9.20. The van der Waals surface area contributed by atoms with Gasteiger partial charge in [-0.15, -0.1) is 0 Å². The van der Waals surface area contributed by atoms with Gasteiger partial charge in [0.2, 0.25) is 0 Å². The normalized spacial score (nSPS) is 17.3. The van der Waals surface area contributed by atoms with Crippen LogP contribution < -0.4 is 0 Å². The van der Waals surface area contributed by atoms with Crippen molar-refractivity contribution in [2.45, 2.75) is 39.0 Å². The Morgan fingerprint density at radius 2 is 1.85 bits per heavy atom. The fourth-order valence-electron chi connectivity index (χ4n) is 4.26. The molecule has 0 radical (unpaired) electrons. The Balaban J connectivity index is 1.98. The van der Waals surface area contributed by atoms with E-state index >= 15 is 0 Å². The van der Waals surface area contributed by atoms with Gasteiger partial charge in [0.1, 0.15) is 5.82 Å². The van der Waals surface area contributed by atoms with Gasteiger partial charge in [-0.05, 0) is 56.3 Å². The van der Waals surface area contributed by atoms with Crippen LogP contribution in [0.2, 0.25) is 0 Å². The molecule has 0 aliphatic carbocycles. The number of benzene rings is 2. The van der Waals surface area contributed by atoms with Gasteiger partial charge in [0.25, 0.3) is 0 Å². The summed E-state index contributed by atoms with van der Waals surface area (Å²) < 4.78 is 15.7. The molecular formula is C22H25FN2O. The third-order valence-corrected chi connectivity index (χ3v) is 5.48. The summed E-state index contributed by atoms with van der Waals surface area (Å²) in [4.78, 5) is 2.34. The quantitative estimate of drug-likeness (QED) is 0.770. The first-order valence-electron chi connectivity index (χ1n) is 9.20. The number of aromatic nitrogens is 1. The van der Waals surface area contributed by atoms with Crippen molar-refractivity contribution in [3.63, 3.8) is 0 Å². The highest BCUT2D eigenvalue weighted by atomic mass is 19.1. The van der Waals surface area contributed by atoms with Crippen molar-refractivity contribution in [2.24, 2.45) is 0 Å². The number of aliphatic hydroxyl groups is 1. The minimum atomic E-state index is -0.582. The molecule has 2 aromatic carbocycles. The molecule has 3 nitrogen and oxygen atoms in total. The number of halogens is 1. The predicted molar refractivity (Wildman–Crippen MR) is 103 cm³/mol. The second kappa shape index (κ2) is 6.53. The monoisotopic (exact) mass is 352 g/mol. The molecule has 2 heterocycles. The molecule has 4 rings (SSSR count). The van der Waals surface area contributed by atoms with Crippen LogP contribution in [0.15, 0.2) is 42.5 Å². The van der Waals surface area contributed by atoms with Gasteiger partial charge < -0.3 is 14.6 Å². The van der Waals surface area contributed by atoms with E-state index in [1.54, 1.807) is 12.1 Å². The second-order valence-electron chi connectivity index (χ2n) is 7.54. The average molecular weight is 352 g/mol. The van der Waals surface area contributed by atoms with Crippen LogP contribution in [0.25, 0.3) is 10.9 Å². The maximum atomic E-state index is 13.4. The summed E-state index contributed by atoms with van der Waals surface area (Å²) in [7, 11) is 2.15. The van der Waals surface area contributed by atoms with Crippen LogP contribution in [0.4, 0.5) is 4.39 Å². The molecule has 3 aromatic rings. The Labute approximate surface area is 153 Å². The van der Waals surface area contributed by atoms with Crippen molar-refractivity contribution in [1.29, 1.82) is 0 Å². The maximum Gasteiger partial charge on any atom is 0.123 e. The number of aliphatic hydroxyl groups excluding tert-OH is 1. The predicted octanol–water partition coefficient (Wildman–Crippen LogP) is 4.05. The Kier molecular flexibility index (Phi) is 4.33. The van der Waals surface area contributed by atoms with E-state index < -0.39 is 6.10 Å². The van der Waals surface area contributed by atoms with Crippen molar-refractivity contribution in [3.05, 3.63) is 70.7 Å². The molecule has 1 aliphatic heterocycles. The molecule has 4 heteroatoms. The van der Waals surface area contributed by atoms with E-state index in [4.69, 9.17) is 0 Å². The van der Waals surface area contributed by atoms with E-state index in [0.717, 1.165) is 30.6 Å². The molecule has 0 amide bonds. The van der Waals surface area contributed by atoms with Crippen LogP contribution in [0, 0.1) is 12.7 Å². The van der Waals surface area contributed by atoms with Crippen LogP contribution in [-0.2, 0) is 13.0 Å². The molecule has 0 bridgehead atoms. The maximum absolute atomic E-state index is 13.4. The van der Waals surface area contributed by atoms with E-state index in [9.17, 15) is 9.50 Å². The molecule has 0 spiro atoms. The Morgan fingerprint density at radius 1 is 1.12 bits per heavy atom. The number of nitrogens with zero attached hydrogens (tertiary/aromatic N) is 2. The zero-order chi connectivity index (χ0) is 18.4. The van der Waals surface area contributed by atoms with E-state index in [0.29, 0.717) is 0 Å². The molecule has 26 heavy (non-hydrogen) atoms. The number of rotatable bonds is 3. The molecule has 0 fully saturated rings. The van der Waals surface area contributed by atoms with Gasteiger partial charge in [0, 0.05) is 36.1 Å². The lowest BCUT2D eigenvalue weighted by Gasteiger charge is -2.29. The van der Waals surface area contributed by atoms with Crippen LogP contribution in [-0.4, -0.2) is 34.3 Å². The third kappa shape index (κ3) is 2.83. The van der Waals surface area contributed by atoms with E-state index in [-0.39, 0.29) is 11.9 Å². The number of hydrogen-bond acceptors (Lipinski definition) is 2. The van der Waals surface area contributed by atoms with Crippen LogP contribution >= 0.6 is 0 Å². The minimum Gasteiger partial charge on any atom is -0.391 e. The summed E-state index contributed by atoms with van der Waals surface area (Å²) in [6.07, 6.45) is 0.366. The summed E-state index contributed by atoms with van der Waals surface area (Å²) >= 11 is 0. The zero-order valence-corrected chi connectivity index (χ0v) is 15.5. The number of likely N-dealkylation sites (N-methyl/N-ethyl adjacent to an activating group) is 1. The topological polar surface area (TPSA) is 28.4 Å². The molecule has 0 saturated heterocycles. The van der Waals surface area contributed by atoms with Crippen molar-refractivity contribution >= 4 is 10.9 Å². The van der Waals surface area contributed by atoms with Crippen molar-refractivity contribution in [3.8, 4) is 0 Å². The SMILES string of the molecule is Cc1ccc2c(c1)c1c(n2C(c2ccc(F)cc2)C(C)O)CCN(C)C1. The molecular weight excluding hydrogens is 327 g/mol. The lowest BCUT2D eigenvalue weighted by Crippen LogP contribution is -2.30. The zero-order valence-electron chi connectivity index (χ0n) is 15.5. The van der Waals surface area contributed by atoms with Gasteiger partial charge in [0.15, 0.2) is 0 Å². The smallest absolute Gasteiger partial charge is 0.123 e. The standard InChI is InChI=1S/C22H25FN2O/c1-14-4-9-20-18(12-14)19-13-24(3)11-10-21(19)25(20)22(15(2)26)16-5-7-17(23)8-6-16/h4-9,12,15,22,26H,10-11,13H2,1-3H3. The fourth-order valence-corrected chi connectivity index (χ4v) is 4.26. The highest BCUT2D eigenvalue weighted by molar-refractivity contribution is 5.87. The number of hydrogen-bond donors (Lipinski definition) is 1. The van der Waals surface area contributed by atoms with Gasteiger partial charge in [-0.3, -0.25) is 0 Å². The molecule has 2 atom stereocenters. The summed E-state index contributed by atoms with van der Waals surface area (Å²) in [5, 5.41) is 11.9. The van der Waals surface area contributed by atoms with E-state index in [1.165, 1.54) is 34.3 Å². The Morgan fingerprint density at radius 3 is 2.54 bits per heavy atom. The Hall–Kier alpha value is -2.17. The van der Waals surface area contributed by atoms with Crippen LogP contribution in [0.3, 0.4) is 0 Å². The summed E-state index contributed by atoms with van der Waals surface area (Å²) in [6.45, 7) is 5.84. The van der Waals surface area contributed by atoms with Crippen molar-refractivity contribution in [1.82, 2.24) is 9.47 Å². The lowest BCUT2D eigenvalue weighted by atomic mass is 10.0. The summed E-state index contributed by atoms with van der Waals surface area (Å²) in [6, 6.07) is 12.8. The molecule has 1 aromatic heterocycles.